The van der Waals surface area contributed by atoms with E-state index in [1.807, 2.05) is 30.3 Å². The first-order valence-corrected chi connectivity index (χ1v) is 7.51. The average Bonchev–Trinajstić information content (AvgIpc) is 2.45. The number of carbonyl (C=O) groups is 1. The molecule has 0 N–H and O–H groups in total. The number of methoxy groups -OCH3 is 1. The van der Waals surface area contributed by atoms with E-state index in [0.717, 1.165) is 14.5 Å². The topological polar surface area (TPSA) is 26.3 Å². The van der Waals surface area contributed by atoms with Gasteiger partial charge in [-0.3, -0.25) is 4.79 Å². The molecule has 0 aromatic heterocycles. The lowest BCUT2D eigenvalue weighted by Gasteiger charge is -2.08. The summed E-state index contributed by atoms with van der Waals surface area (Å²) in [6.45, 7) is 0. The Bertz CT molecular complexity index is 649. The largest absolute Gasteiger partial charge is 0.495 e. The third-order valence-electron chi connectivity index (χ3n) is 2.71. The van der Waals surface area contributed by atoms with Crippen LogP contribution in [0.15, 0.2) is 57.5 Å². The molecule has 0 unspecified atom stereocenters. The van der Waals surface area contributed by atoms with E-state index in [9.17, 15) is 4.79 Å². The van der Waals surface area contributed by atoms with Crippen LogP contribution in [0.2, 0.25) is 0 Å². The smallest absolute Gasteiger partial charge is 0.185 e. The molecule has 2 rings (SSSR count). The first kappa shape index (κ1) is 15.0. The van der Waals surface area contributed by atoms with Crippen molar-refractivity contribution in [2.24, 2.45) is 0 Å². The van der Waals surface area contributed by atoms with Crippen molar-refractivity contribution in [3.05, 3.63) is 68.6 Å². The van der Waals surface area contributed by atoms with Crippen LogP contribution in [-0.2, 0) is 0 Å². The van der Waals surface area contributed by atoms with Crippen molar-refractivity contribution >= 4 is 43.7 Å². The van der Waals surface area contributed by atoms with Crippen LogP contribution in [-0.4, -0.2) is 12.9 Å². The maximum absolute atomic E-state index is 12.0. The summed E-state index contributed by atoms with van der Waals surface area (Å²) in [5, 5.41) is 0. The zero-order valence-corrected chi connectivity index (χ0v) is 13.9. The fourth-order valence-corrected chi connectivity index (χ4v) is 3.20. The zero-order valence-electron chi connectivity index (χ0n) is 10.8. The van der Waals surface area contributed by atoms with Crippen molar-refractivity contribution in [2.45, 2.75) is 0 Å². The zero-order chi connectivity index (χ0) is 14.5. The van der Waals surface area contributed by atoms with Gasteiger partial charge in [-0.1, -0.05) is 46.3 Å². The van der Waals surface area contributed by atoms with Crippen molar-refractivity contribution in [3.63, 3.8) is 0 Å². The molecule has 0 heterocycles. The molecule has 0 spiro atoms. The number of carbonyl (C=O) groups excluding carboxylic acids is 1. The van der Waals surface area contributed by atoms with Gasteiger partial charge in [-0.05, 0) is 40.2 Å². The molecule has 0 fully saturated rings. The highest BCUT2D eigenvalue weighted by Crippen LogP contribution is 2.33. The summed E-state index contributed by atoms with van der Waals surface area (Å²) in [6.07, 6.45) is 3.30. The van der Waals surface area contributed by atoms with Crippen molar-refractivity contribution in [1.29, 1.82) is 0 Å². The summed E-state index contributed by atoms with van der Waals surface area (Å²) in [5.74, 6) is 0.661. The Morgan fingerprint density at radius 3 is 2.50 bits per heavy atom. The highest BCUT2D eigenvalue weighted by molar-refractivity contribution is 9.11. The lowest BCUT2D eigenvalue weighted by molar-refractivity contribution is 0.104. The molecule has 2 aromatic carbocycles. The van der Waals surface area contributed by atoms with Gasteiger partial charge in [-0.25, -0.2) is 0 Å². The summed E-state index contributed by atoms with van der Waals surface area (Å²) >= 11 is 6.86. The summed E-state index contributed by atoms with van der Waals surface area (Å²) in [5.41, 5.74) is 1.50. The van der Waals surface area contributed by atoms with Gasteiger partial charge < -0.3 is 4.74 Å². The number of hydrogen-bond acceptors (Lipinski definition) is 2. The van der Waals surface area contributed by atoms with E-state index in [0.29, 0.717) is 11.3 Å². The van der Waals surface area contributed by atoms with Gasteiger partial charge in [0, 0.05) is 15.6 Å². The van der Waals surface area contributed by atoms with E-state index < -0.39 is 0 Å². The molecule has 102 valence electrons. The number of halogens is 2. The van der Waals surface area contributed by atoms with E-state index in [-0.39, 0.29) is 5.78 Å². The van der Waals surface area contributed by atoms with E-state index in [1.165, 1.54) is 0 Å². The van der Waals surface area contributed by atoms with Crippen LogP contribution in [0.1, 0.15) is 15.9 Å². The summed E-state index contributed by atoms with van der Waals surface area (Å²) in [4.78, 5) is 12.0. The lowest BCUT2D eigenvalue weighted by Crippen LogP contribution is -1.94. The molecule has 0 atom stereocenters. The molecule has 0 radical (unpaired) electrons. The number of ketones is 1. The Kier molecular flexibility index (Phi) is 5.15. The molecule has 0 bridgehead atoms. The third kappa shape index (κ3) is 3.58. The number of hydrogen-bond donors (Lipinski definition) is 0. The van der Waals surface area contributed by atoms with Gasteiger partial charge >= 0.3 is 0 Å². The Morgan fingerprint density at radius 1 is 1.15 bits per heavy atom. The highest BCUT2D eigenvalue weighted by atomic mass is 79.9. The van der Waals surface area contributed by atoms with E-state index >= 15 is 0 Å². The first-order valence-electron chi connectivity index (χ1n) is 5.92. The number of allylic oxidation sites excluding steroid dienone is 1. The molecule has 0 aliphatic carbocycles. The molecule has 0 saturated heterocycles. The Hall–Kier alpha value is -1.39. The highest BCUT2D eigenvalue weighted by Gasteiger charge is 2.07. The van der Waals surface area contributed by atoms with Crippen LogP contribution in [0, 0.1) is 0 Å². The lowest BCUT2D eigenvalue weighted by atomic mass is 10.1. The molecule has 0 aliphatic rings. The SMILES string of the molecule is COc1c(Br)cc(Br)cc1/C=C/C(=O)c1ccccc1. The van der Waals surface area contributed by atoms with Gasteiger partial charge in [0.25, 0.3) is 0 Å². The van der Waals surface area contributed by atoms with Gasteiger partial charge in [-0.2, -0.15) is 0 Å². The number of rotatable bonds is 4. The normalized spacial score (nSPS) is 10.8. The standard InChI is InChI=1S/C16H12Br2O2/c1-20-16-12(9-13(17)10-14(16)18)7-8-15(19)11-5-3-2-4-6-11/h2-10H,1H3/b8-7+. The van der Waals surface area contributed by atoms with Crippen LogP contribution in [0.5, 0.6) is 5.75 Å². The molecule has 2 nitrogen and oxygen atoms in total. The maximum atomic E-state index is 12.0. The second kappa shape index (κ2) is 6.86. The Labute approximate surface area is 134 Å². The van der Waals surface area contributed by atoms with Crippen LogP contribution in [0.4, 0.5) is 0 Å². The molecule has 0 amide bonds. The van der Waals surface area contributed by atoms with E-state index in [1.54, 1.807) is 31.4 Å². The molecule has 0 aliphatic heterocycles. The van der Waals surface area contributed by atoms with Gasteiger partial charge in [0.2, 0.25) is 0 Å². The molecule has 20 heavy (non-hydrogen) atoms. The second-order valence-electron chi connectivity index (χ2n) is 4.07. The molecule has 2 aromatic rings. The minimum Gasteiger partial charge on any atom is -0.495 e. The van der Waals surface area contributed by atoms with E-state index in [2.05, 4.69) is 31.9 Å². The second-order valence-corrected chi connectivity index (χ2v) is 5.84. The predicted octanol–water partition coefficient (Wildman–Crippen LogP) is 5.12. The summed E-state index contributed by atoms with van der Waals surface area (Å²) < 4.78 is 7.09. The average molecular weight is 396 g/mol. The van der Waals surface area contributed by atoms with Crippen LogP contribution >= 0.6 is 31.9 Å². The summed E-state index contributed by atoms with van der Waals surface area (Å²) in [7, 11) is 1.60. The Balaban J connectivity index is 2.30. The van der Waals surface area contributed by atoms with Gasteiger partial charge in [0.1, 0.15) is 5.75 Å². The van der Waals surface area contributed by atoms with Crippen molar-refractivity contribution in [3.8, 4) is 5.75 Å². The molecular weight excluding hydrogens is 384 g/mol. The molecular formula is C16H12Br2O2. The monoisotopic (exact) mass is 394 g/mol. The Morgan fingerprint density at radius 2 is 1.85 bits per heavy atom. The fraction of sp³-hybridized carbons (Fsp3) is 0.0625. The van der Waals surface area contributed by atoms with Gasteiger partial charge in [-0.15, -0.1) is 0 Å². The number of ether oxygens (including phenoxy) is 1. The van der Waals surface area contributed by atoms with E-state index in [4.69, 9.17) is 4.74 Å². The molecule has 4 heteroatoms. The minimum absolute atomic E-state index is 0.0382. The van der Waals surface area contributed by atoms with Crippen LogP contribution in [0.25, 0.3) is 6.08 Å². The van der Waals surface area contributed by atoms with Gasteiger partial charge in [0.15, 0.2) is 5.78 Å². The quantitative estimate of drug-likeness (QED) is 0.530. The van der Waals surface area contributed by atoms with Crippen molar-refractivity contribution in [2.75, 3.05) is 7.11 Å². The van der Waals surface area contributed by atoms with Gasteiger partial charge in [0.05, 0.1) is 11.6 Å². The van der Waals surface area contributed by atoms with Crippen molar-refractivity contribution in [1.82, 2.24) is 0 Å². The van der Waals surface area contributed by atoms with Crippen molar-refractivity contribution < 1.29 is 9.53 Å². The van der Waals surface area contributed by atoms with Crippen LogP contribution in [0.3, 0.4) is 0 Å². The summed E-state index contributed by atoms with van der Waals surface area (Å²) in [6, 6.07) is 13.0. The van der Waals surface area contributed by atoms with Crippen LogP contribution < -0.4 is 4.74 Å². The minimum atomic E-state index is -0.0382. The maximum Gasteiger partial charge on any atom is 0.185 e. The first-order chi connectivity index (χ1) is 9.61. The third-order valence-corrected chi connectivity index (χ3v) is 3.76. The fourth-order valence-electron chi connectivity index (χ4n) is 1.78. The molecule has 0 saturated carbocycles. The predicted molar refractivity (Wildman–Crippen MR) is 88.2 cm³/mol. The number of benzene rings is 2.